The van der Waals surface area contributed by atoms with Gasteiger partial charge in [-0.05, 0) is 150 Å². The summed E-state index contributed by atoms with van der Waals surface area (Å²) in [6.45, 7) is 29.6. The average molecular weight is 681 g/mol. The molecule has 6 nitrogen and oxygen atoms in total. The number of rotatable bonds is 8. The fraction of sp³-hybridized carbons (Fsp3) is 0.905. The van der Waals surface area contributed by atoms with Gasteiger partial charge in [0.05, 0.1) is 22.4 Å². The molecule has 284 valence electrons. The first-order valence-electron chi connectivity index (χ1n) is 19.0. The molecule has 0 amide bonds. The van der Waals surface area contributed by atoms with Crippen molar-refractivity contribution in [3.05, 3.63) is 25.3 Å². The molecule has 4 fully saturated rings. The fourth-order valence-corrected chi connectivity index (χ4v) is 11.6. The van der Waals surface area contributed by atoms with Crippen molar-refractivity contribution >= 4 is 0 Å². The van der Waals surface area contributed by atoms with Gasteiger partial charge in [-0.1, -0.05) is 66.5 Å². The Morgan fingerprint density at radius 3 is 1.12 bits per heavy atom. The van der Waals surface area contributed by atoms with E-state index in [1.165, 1.54) is 38.5 Å². The topological polar surface area (TPSA) is 121 Å². The van der Waals surface area contributed by atoms with Crippen molar-refractivity contribution in [3.63, 3.8) is 0 Å². The highest BCUT2D eigenvalue weighted by molar-refractivity contribution is 5.09. The van der Waals surface area contributed by atoms with Gasteiger partial charge in [-0.2, -0.15) is 0 Å². The molecule has 0 aromatic rings. The van der Waals surface area contributed by atoms with Gasteiger partial charge in [-0.25, -0.2) is 0 Å². The minimum Gasteiger partial charge on any atom is -0.400 e. The third-order valence-corrected chi connectivity index (χ3v) is 14.3. The van der Waals surface area contributed by atoms with Crippen LogP contribution in [0.2, 0.25) is 0 Å². The van der Waals surface area contributed by atoms with Crippen LogP contribution in [0.5, 0.6) is 0 Å². The maximum absolute atomic E-state index is 11.1. The molecule has 0 spiro atoms. The molecule has 0 unspecified atom stereocenters. The SMILES string of the molecule is C=C[C@](C)(O)CC[C@@H]1[C@@]2(C)CCCC(C)(C)[C@@H]2CC[C@@]1(C)O.C=C[C@](C)(O)CC[C@@H]1[C@@]2(C)CCCC(C)(C)[C@@H]2CC[C@@]1(C)O.CO.CO. The molecule has 6 heteroatoms. The van der Waals surface area contributed by atoms with Crippen molar-refractivity contribution in [1.82, 2.24) is 0 Å². The lowest BCUT2D eigenvalue weighted by Crippen LogP contribution is -2.57. The van der Waals surface area contributed by atoms with E-state index in [0.717, 1.165) is 52.7 Å². The van der Waals surface area contributed by atoms with E-state index in [9.17, 15) is 20.4 Å². The van der Waals surface area contributed by atoms with Crippen LogP contribution < -0.4 is 0 Å². The molecule has 4 saturated carbocycles. The van der Waals surface area contributed by atoms with Gasteiger partial charge in [0.15, 0.2) is 0 Å². The van der Waals surface area contributed by atoms with Crippen LogP contribution in [0, 0.1) is 45.3 Å². The fourth-order valence-electron chi connectivity index (χ4n) is 11.6. The summed E-state index contributed by atoms with van der Waals surface area (Å²) in [4.78, 5) is 0. The zero-order valence-electron chi connectivity index (χ0n) is 33.5. The lowest BCUT2D eigenvalue weighted by Gasteiger charge is -2.61. The lowest BCUT2D eigenvalue weighted by atomic mass is 9.45. The number of aliphatic hydroxyl groups excluding tert-OH is 2. The minimum atomic E-state index is -0.830. The first kappa shape index (κ1) is 45.3. The first-order chi connectivity index (χ1) is 21.9. The normalized spacial score (nSPS) is 40.5. The summed E-state index contributed by atoms with van der Waals surface area (Å²) in [5.41, 5.74) is -1.80. The molecule has 48 heavy (non-hydrogen) atoms. The number of aliphatic hydroxyl groups is 6. The van der Waals surface area contributed by atoms with Crippen LogP contribution in [0.3, 0.4) is 0 Å². The number of hydrogen-bond acceptors (Lipinski definition) is 6. The summed E-state index contributed by atoms with van der Waals surface area (Å²) in [7, 11) is 2.00. The Balaban J connectivity index is 0.000000435. The Bertz CT molecular complexity index is 930. The Morgan fingerprint density at radius 2 is 0.854 bits per heavy atom. The number of hydrogen-bond donors (Lipinski definition) is 6. The first-order valence-corrected chi connectivity index (χ1v) is 19.0. The third-order valence-electron chi connectivity index (χ3n) is 14.3. The molecule has 4 aliphatic rings. The van der Waals surface area contributed by atoms with Gasteiger partial charge < -0.3 is 30.6 Å². The standard InChI is InChI=1S/2C20H36O2.2CH4O/c2*1-7-18(4,21)13-9-16-19(5)12-8-11-17(2,3)15(19)10-14-20(16,6)22;2*1-2/h2*7,15-16,21-22H,1,8-14H2,2-6H3;2*2H,1H3/t2*15-,16+,18-,19-,20+;;/m00../s1. The van der Waals surface area contributed by atoms with Crippen molar-refractivity contribution < 1.29 is 30.6 Å². The molecule has 10 atom stereocenters. The molecule has 0 saturated heterocycles. The largest absolute Gasteiger partial charge is 0.400 e. The summed E-state index contributed by atoms with van der Waals surface area (Å²) in [6, 6.07) is 0. The zero-order chi connectivity index (χ0) is 37.6. The highest BCUT2D eigenvalue weighted by atomic mass is 16.3. The second-order valence-corrected chi connectivity index (χ2v) is 18.9. The highest BCUT2D eigenvalue weighted by Crippen LogP contribution is 2.64. The average Bonchev–Trinajstić information content (AvgIpc) is 2.97. The molecule has 4 aliphatic carbocycles. The lowest BCUT2D eigenvalue weighted by molar-refractivity contribution is -0.172. The van der Waals surface area contributed by atoms with Crippen molar-refractivity contribution in [2.45, 2.75) is 182 Å². The van der Waals surface area contributed by atoms with Crippen LogP contribution in [-0.4, -0.2) is 67.3 Å². The molecular weight excluding hydrogens is 600 g/mol. The van der Waals surface area contributed by atoms with Gasteiger partial charge in [0, 0.05) is 14.2 Å². The van der Waals surface area contributed by atoms with Crippen molar-refractivity contribution in [1.29, 1.82) is 0 Å². The van der Waals surface area contributed by atoms with Crippen LogP contribution in [0.4, 0.5) is 0 Å². The maximum atomic E-state index is 11.1. The molecule has 4 rings (SSSR count). The summed E-state index contributed by atoms with van der Waals surface area (Å²) in [5.74, 6) is 1.86. The predicted molar refractivity (Wildman–Crippen MR) is 202 cm³/mol. The summed E-state index contributed by atoms with van der Waals surface area (Å²) >= 11 is 0. The second kappa shape index (κ2) is 16.7. The molecular formula is C42H80O6. The highest BCUT2D eigenvalue weighted by Gasteiger charge is 2.59. The van der Waals surface area contributed by atoms with E-state index < -0.39 is 22.4 Å². The summed E-state index contributed by atoms with van der Waals surface area (Å²) in [6.07, 6.45) is 17.9. The van der Waals surface area contributed by atoms with E-state index in [-0.39, 0.29) is 22.7 Å². The molecule has 0 aliphatic heterocycles. The molecule has 0 aromatic carbocycles. The summed E-state index contributed by atoms with van der Waals surface area (Å²) < 4.78 is 0. The van der Waals surface area contributed by atoms with Crippen LogP contribution in [0.1, 0.15) is 159 Å². The summed E-state index contributed by atoms with van der Waals surface area (Å²) in [5, 5.41) is 56.8. The molecule has 0 heterocycles. The van der Waals surface area contributed by atoms with E-state index in [0.29, 0.717) is 35.5 Å². The quantitative estimate of drug-likeness (QED) is 0.143. The van der Waals surface area contributed by atoms with Crippen molar-refractivity contribution in [2.24, 2.45) is 45.3 Å². The van der Waals surface area contributed by atoms with Gasteiger partial charge in [-0.15, -0.1) is 13.2 Å². The van der Waals surface area contributed by atoms with Gasteiger partial charge in [0.1, 0.15) is 0 Å². The van der Waals surface area contributed by atoms with Crippen molar-refractivity contribution in [3.8, 4) is 0 Å². The number of fused-ring (bicyclic) bond motifs is 2. The van der Waals surface area contributed by atoms with Gasteiger partial charge >= 0.3 is 0 Å². The van der Waals surface area contributed by atoms with Crippen molar-refractivity contribution in [2.75, 3.05) is 14.2 Å². The molecule has 0 aromatic heterocycles. The molecule has 6 N–H and O–H groups in total. The zero-order valence-corrected chi connectivity index (χ0v) is 33.5. The Kier molecular flexibility index (Phi) is 15.8. The van der Waals surface area contributed by atoms with Gasteiger partial charge in [-0.3, -0.25) is 0 Å². The Labute approximate surface area is 296 Å². The van der Waals surface area contributed by atoms with E-state index in [1.54, 1.807) is 12.2 Å². The van der Waals surface area contributed by atoms with E-state index >= 15 is 0 Å². The van der Waals surface area contributed by atoms with E-state index in [1.807, 2.05) is 27.7 Å². The molecule has 0 bridgehead atoms. The van der Waals surface area contributed by atoms with Gasteiger partial charge in [0.25, 0.3) is 0 Å². The maximum Gasteiger partial charge on any atom is 0.0797 e. The van der Waals surface area contributed by atoms with Crippen LogP contribution in [0.25, 0.3) is 0 Å². The molecule has 0 radical (unpaired) electrons. The minimum absolute atomic E-state index is 0.181. The Morgan fingerprint density at radius 1 is 0.562 bits per heavy atom. The van der Waals surface area contributed by atoms with Crippen LogP contribution in [-0.2, 0) is 0 Å². The van der Waals surface area contributed by atoms with Crippen LogP contribution in [0.15, 0.2) is 25.3 Å². The smallest absolute Gasteiger partial charge is 0.0797 e. The predicted octanol–water partition coefficient (Wildman–Crippen LogP) is 8.61. The van der Waals surface area contributed by atoms with Crippen LogP contribution >= 0.6 is 0 Å². The van der Waals surface area contributed by atoms with E-state index in [2.05, 4.69) is 54.7 Å². The van der Waals surface area contributed by atoms with E-state index in [4.69, 9.17) is 10.2 Å². The Hall–Kier alpha value is -0.760. The monoisotopic (exact) mass is 681 g/mol. The second-order valence-electron chi connectivity index (χ2n) is 18.9. The third kappa shape index (κ3) is 10.2. The van der Waals surface area contributed by atoms with Gasteiger partial charge in [0.2, 0.25) is 0 Å².